The van der Waals surface area contributed by atoms with Gasteiger partial charge in [-0.2, -0.15) is 18.4 Å². The first-order chi connectivity index (χ1) is 40.4. The number of benzene rings is 7. The third-order valence-corrected chi connectivity index (χ3v) is 14.7. The van der Waals surface area contributed by atoms with Gasteiger partial charge in [-0.1, -0.05) is 18.2 Å². The summed E-state index contributed by atoms with van der Waals surface area (Å²) < 4.78 is 47.1. The fourth-order valence-electron chi connectivity index (χ4n) is 11.3. The fourth-order valence-corrected chi connectivity index (χ4v) is 11.3. The number of halogens is 3. The van der Waals surface area contributed by atoms with Crippen molar-refractivity contribution in [3.63, 3.8) is 0 Å². The largest absolute Gasteiger partial charge is 0.416 e. The number of rotatable bonds is 8. The van der Waals surface area contributed by atoms with Crippen LogP contribution >= 0.6 is 0 Å². The van der Waals surface area contributed by atoms with Gasteiger partial charge in [-0.15, -0.1) is 0 Å². The van der Waals surface area contributed by atoms with Crippen molar-refractivity contribution in [3.8, 4) is 85.2 Å². The summed E-state index contributed by atoms with van der Waals surface area (Å²) in [4.78, 5) is 59.5. The highest BCUT2D eigenvalue weighted by Gasteiger charge is 2.32. The molecule has 19 heteroatoms. The quantitative estimate of drug-likeness (QED) is 0.131. The highest BCUT2D eigenvalue weighted by Crippen LogP contribution is 2.46. The van der Waals surface area contributed by atoms with Gasteiger partial charge in [-0.25, -0.2) is 64.7 Å². The van der Waals surface area contributed by atoms with E-state index in [0.29, 0.717) is 104 Å². The fraction of sp³-hybridized carbons (Fsp3) is 0.138. The molecule has 0 radical (unpaired) electrons. The highest BCUT2D eigenvalue weighted by molar-refractivity contribution is 6.14. The molecule has 0 saturated heterocycles. The molecule has 84 heavy (non-hydrogen) atoms. The van der Waals surface area contributed by atoms with Crippen LogP contribution in [0, 0.1) is 73.3 Å². The normalized spacial score (nSPS) is 11.7. The molecule has 0 aliphatic rings. The van der Waals surface area contributed by atoms with Crippen molar-refractivity contribution in [3.05, 3.63) is 197 Å². The molecule has 0 aliphatic heterocycles. The van der Waals surface area contributed by atoms with Crippen LogP contribution in [0.4, 0.5) is 18.9 Å². The van der Waals surface area contributed by atoms with E-state index in [1.54, 1.807) is 6.07 Å². The first-order valence-electron chi connectivity index (χ1n) is 26.6. The van der Waals surface area contributed by atoms with Crippen LogP contribution in [-0.4, -0.2) is 68.9 Å². The first-order valence-corrected chi connectivity index (χ1v) is 26.6. The van der Waals surface area contributed by atoms with Crippen LogP contribution < -0.4 is 0 Å². The number of aromatic nitrogens is 14. The molecular formula is C65H45F3N16. The third kappa shape index (κ3) is 9.23. The molecule has 0 bridgehead atoms. The standard InChI is InChI=1S/C65H45F3N16/c1-32-71-33(2)76-61(75-32)41-11-19-56-50(26-41)51-27-42(62-77-34(3)72-35(4)78-62)12-20-57(51)83(56)55-18-10-40(48-17-15-46(65(66,67)68)24-45(48)31-69)25-49(55)54-30-47(70-9)16-23-60(54)84-58-21-13-43(63-79-36(5)73-37(6)80-63)28-52(58)53-29-44(14-22-59(53)84)64-81-38(7)74-39(8)82-64/h10-30H,1-8H3. The summed E-state index contributed by atoms with van der Waals surface area (Å²) in [5.74, 6) is 6.61. The number of hydrogen-bond acceptors (Lipinski definition) is 13. The van der Waals surface area contributed by atoms with Gasteiger partial charge in [0, 0.05) is 49.4 Å². The van der Waals surface area contributed by atoms with Crippen molar-refractivity contribution < 1.29 is 13.2 Å². The number of nitrogens with zero attached hydrogens (tertiary/aromatic N) is 16. The van der Waals surface area contributed by atoms with Gasteiger partial charge in [0.1, 0.15) is 46.6 Å². The van der Waals surface area contributed by atoms with Gasteiger partial charge in [0.05, 0.1) is 57.2 Å². The smallest absolute Gasteiger partial charge is 0.309 e. The van der Waals surface area contributed by atoms with Crippen LogP contribution in [-0.2, 0) is 6.18 Å². The van der Waals surface area contributed by atoms with E-state index in [2.05, 4.69) is 58.2 Å². The molecule has 0 spiro atoms. The van der Waals surface area contributed by atoms with Crippen LogP contribution in [0.2, 0.25) is 0 Å². The van der Waals surface area contributed by atoms with Crippen molar-refractivity contribution in [1.29, 1.82) is 5.26 Å². The maximum absolute atomic E-state index is 14.3. The predicted octanol–water partition coefficient (Wildman–Crippen LogP) is 14.5. The maximum atomic E-state index is 14.3. The summed E-state index contributed by atoms with van der Waals surface area (Å²) >= 11 is 0. The molecule has 0 aliphatic carbocycles. The van der Waals surface area contributed by atoms with Gasteiger partial charge in [0.25, 0.3) is 0 Å². The van der Waals surface area contributed by atoms with Crippen molar-refractivity contribution in [2.24, 2.45) is 0 Å². The zero-order chi connectivity index (χ0) is 58.5. The topological polar surface area (TPSA) is 193 Å². The molecule has 0 amide bonds. The zero-order valence-electron chi connectivity index (χ0n) is 46.4. The van der Waals surface area contributed by atoms with Gasteiger partial charge >= 0.3 is 6.18 Å². The lowest BCUT2D eigenvalue weighted by Gasteiger charge is -2.21. The van der Waals surface area contributed by atoms with E-state index in [0.717, 1.165) is 78.0 Å². The lowest BCUT2D eigenvalue weighted by molar-refractivity contribution is -0.137. The van der Waals surface area contributed by atoms with Crippen molar-refractivity contribution >= 4 is 49.3 Å². The van der Waals surface area contributed by atoms with Crippen LogP contribution in [0.3, 0.4) is 0 Å². The molecular weight excluding hydrogens is 1060 g/mol. The minimum absolute atomic E-state index is 0.163. The average Bonchev–Trinajstić information content (AvgIpc) is 1.90. The minimum atomic E-state index is -4.69. The van der Waals surface area contributed by atoms with Crippen molar-refractivity contribution in [2.75, 3.05) is 0 Å². The van der Waals surface area contributed by atoms with Crippen LogP contribution in [0.15, 0.2) is 127 Å². The van der Waals surface area contributed by atoms with E-state index in [9.17, 15) is 18.4 Å². The van der Waals surface area contributed by atoms with Gasteiger partial charge in [0.15, 0.2) is 29.0 Å². The number of nitriles is 1. The zero-order valence-corrected chi connectivity index (χ0v) is 46.4. The minimum Gasteiger partial charge on any atom is -0.309 e. The second-order valence-corrected chi connectivity index (χ2v) is 20.5. The Hall–Kier alpha value is -11.1. The monoisotopic (exact) mass is 1110 g/mol. The number of alkyl halides is 3. The molecule has 16 nitrogen and oxygen atoms in total. The summed E-state index contributed by atoms with van der Waals surface area (Å²) in [6.45, 7) is 23.1. The molecule has 0 unspecified atom stereocenters. The summed E-state index contributed by atoms with van der Waals surface area (Å²) in [5, 5.41) is 13.9. The number of hydrogen-bond donors (Lipinski definition) is 0. The van der Waals surface area contributed by atoms with E-state index in [1.807, 2.05) is 140 Å². The van der Waals surface area contributed by atoms with Gasteiger partial charge < -0.3 is 9.13 Å². The van der Waals surface area contributed by atoms with Gasteiger partial charge in [-0.3, -0.25) is 0 Å². The Kier molecular flexibility index (Phi) is 12.4. The van der Waals surface area contributed by atoms with Gasteiger partial charge in [-0.05, 0) is 181 Å². The predicted molar refractivity (Wildman–Crippen MR) is 315 cm³/mol. The summed E-state index contributed by atoms with van der Waals surface area (Å²) in [6, 6.07) is 40.5. The molecule has 6 heterocycles. The van der Waals surface area contributed by atoms with Crippen LogP contribution in [0.1, 0.15) is 57.7 Å². The number of aryl methyl sites for hydroxylation is 8. The third-order valence-electron chi connectivity index (χ3n) is 14.7. The average molecular weight is 1110 g/mol. The second kappa shape index (κ2) is 19.9. The Labute approximate surface area is 478 Å². The Bertz CT molecular complexity index is 4750. The number of fused-ring (bicyclic) bond motifs is 6. The van der Waals surface area contributed by atoms with Crippen LogP contribution in [0.5, 0.6) is 0 Å². The molecule has 7 aromatic carbocycles. The molecule has 0 saturated carbocycles. The molecule has 6 aromatic heterocycles. The molecule has 0 N–H and O–H groups in total. The highest BCUT2D eigenvalue weighted by atomic mass is 19.4. The SMILES string of the molecule is [C-]#[N+]c1ccc(-n2c3ccc(-c4nc(C)nc(C)n4)cc3c3cc(-c4nc(C)nc(C)n4)ccc32)c(-c2cc(-c3ccc(C(F)(F)F)cc3C#N)ccc2-n2c3ccc(-c4nc(C)nc(C)n4)cc3c3cc(-c4nc(C)nc(C)n4)ccc32)c1. The Morgan fingerprint density at radius 3 is 1.05 bits per heavy atom. The molecule has 0 fully saturated rings. The van der Waals surface area contributed by atoms with Gasteiger partial charge in [0.2, 0.25) is 0 Å². The molecule has 406 valence electrons. The first kappa shape index (κ1) is 52.3. The molecule has 13 aromatic rings. The van der Waals surface area contributed by atoms with E-state index < -0.39 is 11.7 Å². The Balaban J connectivity index is 1.13. The maximum Gasteiger partial charge on any atom is 0.416 e. The summed E-state index contributed by atoms with van der Waals surface area (Å²) in [6.07, 6.45) is -4.69. The summed E-state index contributed by atoms with van der Waals surface area (Å²) in [5.41, 5.74) is 8.65. The van der Waals surface area contributed by atoms with E-state index in [4.69, 9.17) is 46.4 Å². The van der Waals surface area contributed by atoms with E-state index >= 15 is 0 Å². The van der Waals surface area contributed by atoms with E-state index in [-0.39, 0.29) is 11.1 Å². The van der Waals surface area contributed by atoms with E-state index in [1.165, 1.54) is 6.07 Å². The lowest BCUT2D eigenvalue weighted by atomic mass is 9.92. The second-order valence-electron chi connectivity index (χ2n) is 20.5. The van der Waals surface area contributed by atoms with Crippen molar-refractivity contribution in [1.82, 2.24) is 68.9 Å². The summed E-state index contributed by atoms with van der Waals surface area (Å²) in [7, 11) is 0. The Morgan fingerprint density at radius 1 is 0.381 bits per heavy atom. The lowest BCUT2D eigenvalue weighted by Crippen LogP contribution is -2.05. The molecule has 13 rings (SSSR count). The molecule has 0 atom stereocenters. The Morgan fingerprint density at radius 2 is 0.714 bits per heavy atom. The van der Waals surface area contributed by atoms with Crippen molar-refractivity contribution in [2.45, 2.75) is 61.6 Å². The van der Waals surface area contributed by atoms with Crippen LogP contribution in [0.25, 0.3) is 128 Å².